The zero-order valence-corrected chi connectivity index (χ0v) is 15.7. The van der Waals surface area contributed by atoms with Gasteiger partial charge < -0.3 is 10.1 Å². The number of rotatable bonds is 6. The Kier molecular flexibility index (Phi) is 8.40. The number of benzene rings is 1. The molecule has 1 heterocycles. The predicted octanol–water partition coefficient (Wildman–Crippen LogP) is 4.48. The summed E-state index contributed by atoms with van der Waals surface area (Å²) < 4.78 is 29.1. The molecule has 2 rings (SSSR count). The molecule has 24 heavy (non-hydrogen) atoms. The molecule has 3 nitrogen and oxygen atoms in total. The fraction of sp³-hybridized carbons (Fsp3) is 0.667. The summed E-state index contributed by atoms with van der Waals surface area (Å²) in [5.41, 5.74) is 1.16. The minimum absolute atomic E-state index is 0. The summed E-state index contributed by atoms with van der Waals surface area (Å²) in [6, 6.07) is 8.36. The molecule has 0 aromatic heterocycles. The molecule has 0 radical (unpaired) electrons. The number of hydrogen-bond donors (Lipinski definition) is 1. The Balaban J connectivity index is 0.00000288. The van der Waals surface area contributed by atoms with Crippen LogP contribution < -0.4 is 10.1 Å². The van der Waals surface area contributed by atoms with E-state index in [1.807, 2.05) is 12.1 Å². The largest absolute Gasteiger partial charge is 0.435 e. The smallest absolute Gasteiger partial charge is 0.387 e. The van der Waals surface area contributed by atoms with Crippen molar-refractivity contribution in [2.75, 3.05) is 13.1 Å². The van der Waals surface area contributed by atoms with E-state index in [9.17, 15) is 8.78 Å². The van der Waals surface area contributed by atoms with E-state index in [-0.39, 0.29) is 24.2 Å². The highest BCUT2D eigenvalue weighted by Gasteiger charge is 2.32. The third kappa shape index (κ3) is 5.30. The lowest BCUT2D eigenvalue weighted by molar-refractivity contribution is -0.0498. The second-order valence-electron chi connectivity index (χ2n) is 6.70. The zero-order valence-electron chi connectivity index (χ0n) is 14.8. The van der Waals surface area contributed by atoms with E-state index >= 15 is 0 Å². The topological polar surface area (TPSA) is 24.5 Å². The molecule has 0 amide bonds. The number of piperazine rings is 1. The van der Waals surface area contributed by atoms with Crippen molar-refractivity contribution in [2.45, 2.75) is 58.9 Å². The monoisotopic (exact) mass is 362 g/mol. The molecule has 6 heteroatoms. The van der Waals surface area contributed by atoms with E-state index in [1.54, 1.807) is 12.1 Å². The Labute approximate surface area is 150 Å². The van der Waals surface area contributed by atoms with Crippen molar-refractivity contribution in [3.05, 3.63) is 29.8 Å². The molecule has 0 saturated carbocycles. The van der Waals surface area contributed by atoms with Gasteiger partial charge in [0.15, 0.2) is 0 Å². The molecule has 1 aromatic carbocycles. The molecule has 1 aliphatic heterocycles. The van der Waals surface area contributed by atoms with Crippen molar-refractivity contribution in [3.8, 4) is 5.75 Å². The third-order valence-corrected chi connectivity index (χ3v) is 4.56. The average molecular weight is 363 g/mol. The summed E-state index contributed by atoms with van der Waals surface area (Å²) in [5.74, 6) is 0.656. The molecule has 1 aromatic rings. The highest BCUT2D eigenvalue weighted by atomic mass is 35.5. The van der Waals surface area contributed by atoms with Crippen LogP contribution in [0.3, 0.4) is 0 Å². The van der Waals surface area contributed by atoms with E-state index in [1.165, 1.54) is 0 Å². The maximum Gasteiger partial charge on any atom is 0.387 e. The lowest BCUT2D eigenvalue weighted by Gasteiger charge is -2.45. The lowest BCUT2D eigenvalue weighted by Crippen LogP contribution is -2.56. The van der Waals surface area contributed by atoms with Gasteiger partial charge in [-0.15, -0.1) is 12.4 Å². The van der Waals surface area contributed by atoms with Gasteiger partial charge >= 0.3 is 6.61 Å². The molecule has 3 atom stereocenters. The Morgan fingerprint density at radius 2 is 1.88 bits per heavy atom. The molecule has 0 bridgehead atoms. The van der Waals surface area contributed by atoms with Gasteiger partial charge in [0, 0.05) is 31.2 Å². The number of ether oxygens (including phenoxy) is 1. The summed E-state index contributed by atoms with van der Waals surface area (Å²) >= 11 is 0. The Hall–Kier alpha value is -0.910. The molecule has 1 unspecified atom stereocenters. The molecule has 1 saturated heterocycles. The zero-order chi connectivity index (χ0) is 17.0. The standard InChI is InChI=1S/C18H28F2N2O.ClH/c1-5-15-10-21-13(4)11-22(15)17(12(2)3)14-6-8-16(9-7-14)23-18(19)20;/h6-9,12-13,15,17-18,21H,5,10-11H2,1-4H3;1H/t13-,15+,17?;/m0./s1. The van der Waals surface area contributed by atoms with Gasteiger partial charge in [0.25, 0.3) is 0 Å². The maximum absolute atomic E-state index is 12.3. The van der Waals surface area contributed by atoms with Gasteiger partial charge in [-0.3, -0.25) is 4.90 Å². The quantitative estimate of drug-likeness (QED) is 0.807. The summed E-state index contributed by atoms with van der Waals surface area (Å²) in [7, 11) is 0. The van der Waals surface area contributed by atoms with Crippen molar-refractivity contribution in [3.63, 3.8) is 0 Å². The van der Waals surface area contributed by atoms with Gasteiger partial charge in [0.1, 0.15) is 5.75 Å². The van der Waals surface area contributed by atoms with Crippen LogP contribution in [0.5, 0.6) is 5.75 Å². The minimum atomic E-state index is -2.78. The fourth-order valence-corrected chi connectivity index (χ4v) is 3.51. The van der Waals surface area contributed by atoms with Crippen molar-refractivity contribution in [2.24, 2.45) is 5.92 Å². The van der Waals surface area contributed by atoms with Gasteiger partial charge in [0.05, 0.1) is 0 Å². The first kappa shape index (κ1) is 21.1. The first-order valence-corrected chi connectivity index (χ1v) is 8.46. The predicted molar refractivity (Wildman–Crippen MR) is 96.2 cm³/mol. The van der Waals surface area contributed by atoms with E-state index in [2.05, 4.69) is 42.6 Å². The number of hydrogen-bond acceptors (Lipinski definition) is 3. The van der Waals surface area contributed by atoms with Crippen LogP contribution in [0.25, 0.3) is 0 Å². The van der Waals surface area contributed by atoms with Crippen LogP contribution in [-0.4, -0.2) is 36.7 Å². The van der Waals surface area contributed by atoms with Gasteiger partial charge in [-0.2, -0.15) is 8.78 Å². The van der Waals surface area contributed by atoms with Crippen LogP contribution >= 0.6 is 12.4 Å². The van der Waals surface area contributed by atoms with Crippen LogP contribution in [0, 0.1) is 5.92 Å². The van der Waals surface area contributed by atoms with Crippen molar-refractivity contribution < 1.29 is 13.5 Å². The first-order chi connectivity index (χ1) is 10.9. The van der Waals surface area contributed by atoms with Crippen LogP contribution in [0.4, 0.5) is 8.78 Å². The maximum atomic E-state index is 12.3. The molecular formula is C18H29ClF2N2O. The van der Waals surface area contributed by atoms with Gasteiger partial charge in [-0.05, 0) is 37.0 Å². The second kappa shape index (κ2) is 9.54. The highest BCUT2D eigenvalue weighted by molar-refractivity contribution is 5.85. The first-order valence-electron chi connectivity index (χ1n) is 8.46. The number of halogens is 3. The Morgan fingerprint density at radius 3 is 2.38 bits per heavy atom. The summed E-state index contributed by atoms with van der Waals surface area (Å²) in [6.45, 7) is 8.06. The average Bonchev–Trinajstić information content (AvgIpc) is 2.48. The normalized spacial score (nSPS) is 23.2. The molecule has 1 aliphatic rings. The highest BCUT2D eigenvalue weighted by Crippen LogP contribution is 2.33. The van der Waals surface area contributed by atoms with Crippen LogP contribution in [0.1, 0.15) is 45.7 Å². The summed E-state index contributed by atoms with van der Waals surface area (Å²) in [5, 5.41) is 3.54. The number of nitrogens with one attached hydrogen (secondary N) is 1. The van der Waals surface area contributed by atoms with Gasteiger partial charge in [-0.25, -0.2) is 0 Å². The third-order valence-electron chi connectivity index (χ3n) is 4.56. The van der Waals surface area contributed by atoms with Crippen molar-refractivity contribution in [1.29, 1.82) is 0 Å². The molecular weight excluding hydrogens is 334 g/mol. The molecule has 1 fully saturated rings. The molecule has 1 N–H and O–H groups in total. The molecule has 138 valence electrons. The second-order valence-corrected chi connectivity index (χ2v) is 6.70. The Morgan fingerprint density at radius 1 is 1.25 bits per heavy atom. The number of nitrogens with zero attached hydrogens (tertiary/aromatic N) is 1. The van der Waals surface area contributed by atoms with E-state index in [4.69, 9.17) is 0 Å². The van der Waals surface area contributed by atoms with E-state index in [0.717, 1.165) is 25.1 Å². The van der Waals surface area contributed by atoms with Crippen molar-refractivity contribution >= 4 is 12.4 Å². The van der Waals surface area contributed by atoms with Crippen molar-refractivity contribution in [1.82, 2.24) is 10.2 Å². The van der Waals surface area contributed by atoms with E-state index < -0.39 is 6.61 Å². The van der Waals surface area contributed by atoms with Crippen LogP contribution in [-0.2, 0) is 0 Å². The summed E-state index contributed by atoms with van der Waals surface area (Å²) in [6.07, 6.45) is 1.09. The van der Waals surface area contributed by atoms with Gasteiger partial charge in [-0.1, -0.05) is 32.9 Å². The molecule has 0 aliphatic carbocycles. The van der Waals surface area contributed by atoms with Crippen LogP contribution in [0.15, 0.2) is 24.3 Å². The van der Waals surface area contributed by atoms with E-state index in [0.29, 0.717) is 18.0 Å². The van der Waals surface area contributed by atoms with Crippen LogP contribution in [0.2, 0.25) is 0 Å². The fourth-order valence-electron chi connectivity index (χ4n) is 3.51. The summed E-state index contributed by atoms with van der Waals surface area (Å²) in [4.78, 5) is 2.56. The van der Waals surface area contributed by atoms with Gasteiger partial charge in [0.2, 0.25) is 0 Å². The Bertz CT molecular complexity index is 484. The minimum Gasteiger partial charge on any atom is -0.435 e. The number of alkyl halides is 2. The lowest BCUT2D eigenvalue weighted by atomic mass is 9.91. The SMILES string of the molecule is CC[C@@H]1CN[C@@H](C)CN1C(c1ccc(OC(F)F)cc1)C(C)C.Cl. The molecule has 0 spiro atoms.